The van der Waals surface area contributed by atoms with Crippen LogP contribution in [0.15, 0.2) is 65.8 Å². The van der Waals surface area contributed by atoms with Gasteiger partial charge in [0.1, 0.15) is 11.0 Å². The maximum absolute atomic E-state index is 13.1. The number of hydrogen-bond donors (Lipinski definition) is 1. The number of sulfonamides is 1. The Labute approximate surface area is 246 Å². The zero-order valence-corrected chi connectivity index (χ0v) is 25.4. The number of carbonyl (C=O) groups is 1. The lowest BCUT2D eigenvalue weighted by atomic mass is 10.00. The third-order valence-corrected chi connectivity index (χ3v) is 8.73. The highest BCUT2D eigenvalue weighted by Gasteiger charge is 2.29. The molecule has 0 saturated carbocycles. The number of likely N-dealkylation sites (tertiary alicyclic amines) is 1. The van der Waals surface area contributed by atoms with Gasteiger partial charge in [-0.3, -0.25) is 9.48 Å². The molecule has 0 radical (unpaired) electrons. The molecule has 1 aliphatic rings. The van der Waals surface area contributed by atoms with Crippen LogP contribution in [-0.2, 0) is 28.3 Å². The molecule has 1 unspecified atom stereocenters. The van der Waals surface area contributed by atoms with Crippen molar-refractivity contribution in [3.05, 3.63) is 83.2 Å². The number of ether oxygens (including phenoxy) is 1. The quantitative estimate of drug-likeness (QED) is 0.303. The average molecular weight is 589 g/mol. The SMILES string of the molecule is Cc1cccc(C)c1-c1cc(OC2CCN(C(=O)Cc3ccc(C(C)C)cc3)C2)nc(NS(=O)(=O)c2cnn(C)c2)n1. The number of amides is 1. The number of benzene rings is 2. The molecular formula is C31H36N6O4S. The Bertz CT molecular complexity index is 1680. The van der Waals surface area contributed by atoms with Crippen LogP contribution in [-0.4, -0.2) is 58.2 Å². The van der Waals surface area contributed by atoms with Crippen LogP contribution in [0.3, 0.4) is 0 Å². The molecule has 0 aliphatic carbocycles. The second kappa shape index (κ2) is 11.9. The third-order valence-electron chi connectivity index (χ3n) is 7.44. The van der Waals surface area contributed by atoms with Crippen molar-refractivity contribution in [1.82, 2.24) is 24.6 Å². The number of rotatable bonds is 9. The van der Waals surface area contributed by atoms with Gasteiger partial charge in [-0.25, -0.2) is 18.1 Å². The minimum absolute atomic E-state index is 0.00247. The predicted octanol–water partition coefficient (Wildman–Crippen LogP) is 4.64. The molecule has 11 heteroatoms. The Morgan fingerprint density at radius 2 is 1.81 bits per heavy atom. The largest absolute Gasteiger partial charge is 0.472 e. The summed E-state index contributed by atoms with van der Waals surface area (Å²) >= 11 is 0. The molecule has 42 heavy (non-hydrogen) atoms. The minimum Gasteiger partial charge on any atom is -0.472 e. The topological polar surface area (TPSA) is 119 Å². The van der Waals surface area contributed by atoms with Crippen molar-refractivity contribution in [3.63, 3.8) is 0 Å². The predicted molar refractivity (Wildman–Crippen MR) is 161 cm³/mol. The highest BCUT2D eigenvalue weighted by Crippen LogP contribution is 2.30. The number of aromatic nitrogens is 4. The van der Waals surface area contributed by atoms with Gasteiger partial charge in [-0.2, -0.15) is 10.1 Å². The molecule has 1 fully saturated rings. The summed E-state index contributed by atoms with van der Waals surface area (Å²) in [6, 6.07) is 15.8. The molecule has 2 aromatic carbocycles. The Morgan fingerprint density at radius 3 is 2.45 bits per heavy atom. The molecule has 5 rings (SSSR count). The van der Waals surface area contributed by atoms with Crippen LogP contribution in [0.25, 0.3) is 11.3 Å². The normalized spacial score (nSPS) is 15.3. The van der Waals surface area contributed by atoms with E-state index in [1.807, 2.05) is 44.2 Å². The van der Waals surface area contributed by atoms with Gasteiger partial charge in [-0.1, -0.05) is 56.3 Å². The number of nitrogens with one attached hydrogen (secondary N) is 1. The van der Waals surface area contributed by atoms with Crippen LogP contribution >= 0.6 is 0 Å². The van der Waals surface area contributed by atoms with Gasteiger partial charge in [0.25, 0.3) is 10.0 Å². The lowest BCUT2D eigenvalue weighted by Crippen LogP contribution is -2.32. The first-order chi connectivity index (χ1) is 20.0. The average Bonchev–Trinajstić information content (AvgIpc) is 3.58. The van der Waals surface area contributed by atoms with Crippen molar-refractivity contribution in [3.8, 4) is 17.1 Å². The van der Waals surface area contributed by atoms with Gasteiger partial charge in [0.2, 0.25) is 17.7 Å². The Morgan fingerprint density at radius 1 is 1.10 bits per heavy atom. The van der Waals surface area contributed by atoms with Crippen LogP contribution < -0.4 is 9.46 Å². The fraction of sp³-hybridized carbons (Fsp3) is 0.355. The van der Waals surface area contributed by atoms with E-state index >= 15 is 0 Å². The molecule has 0 bridgehead atoms. The number of nitrogens with zero attached hydrogens (tertiary/aromatic N) is 5. The minimum atomic E-state index is -3.98. The fourth-order valence-corrected chi connectivity index (χ4v) is 6.05. The van der Waals surface area contributed by atoms with E-state index in [0.717, 1.165) is 22.3 Å². The summed E-state index contributed by atoms with van der Waals surface area (Å²) in [5.74, 6) is 0.608. The number of carbonyl (C=O) groups excluding carboxylic acids is 1. The second-order valence-corrected chi connectivity index (χ2v) is 12.8. The molecule has 1 aliphatic heterocycles. The molecule has 220 valence electrons. The molecule has 1 atom stereocenters. The van der Waals surface area contributed by atoms with Gasteiger partial charge in [0, 0.05) is 37.8 Å². The van der Waals surface area contributed by atoms with E-state index in [9.17, 15) is 13.2 Å². The van der Waals surface area contributed by atoms with Crippen molar-refractivity contribution in [1.29, 1.82) is 0 Å². The van der Waals surface area contributed by atoms with Gasteiger partial charge in [0.15, 0.2) is 0 Å². The van der Waals surface area contributed by atoms with E-state index < -0.39 is 10.0 Å². The Kier molecular flexibility index (Phi) is 8.31. The number of hydrogen-bond acceptors (Lipinski definition) is 7. The summed E-state index contributed by atoms with van der Waals surface area (Å²) in [5, 5.41) is 3.96. The van der Waals surface area contributed by atoms with Crippen molar-refractivity contribution in [2.45, 2.75) is 57.5 Å². The highest BCUT2D eigenvalue weighted by molar-refractivity contribution is 7.92. The van der Waals surface area contributed by atoms with Crippen molar-refractivity contribution in [2.24, 2.45) is 7.05 Å². The molecule has 4 aromatic rings. The van der Waals surface area contributed by atoms with Crippen LogP contribution in [0.4, 0.5) is 5.95 Å². The zero-order valence-electron chi connectivity index (χ0n) is 24.5. The summed E-state index contributed by atoms with van der Waals surface area (Å²) in [4.78, 5) is 23.8. The molecule has 3 heterocycles. The van der Waals surface area contributed by atoms with Gasteiger partial charge in [-0.15, -0.1) is 0 Å². The monoisotopic (exact) mass is 588 g/mol. The van der Waals surface area contributed by atoms with Crippen LogP contribution in [0, 0.1) is 13.8 Å². The standard InChI is InChI=1S/C31H36N6O4S/c1-20(2)24-11-9-23(10-12-24)15-29(38)37-14-13-25(18-37)41-28-16-27(30-21(3)7-6-8-22(30)4)33-31(34-28)35-42(39,40)26-17-32-36(5)19-26/h6-12,16-17,19-20,25H,13-15,18H2,1-5H3,(H,33,34,35). The summed E-state index contributed by atoms with van der Waals surface area (Å²) in [6.07, 6.45) is 3.34. The second-order valence-electron chi connectivity index (χ2n) is 11.1. The molecule has 2 aromatic heterocycles. The van der Waals surface area contributed by atoms with E-state index in [4.69, 9.17) is 4.74 Å². The van der Waals surface area contributed by atoms with E-state index in [0.29, 0.717) is 37.5 Å². The van der Waals surface area contributed by atoms with Crippen molar-refractivity contribution in [2.75, 3.05) is 17.8 Å². The van der Waals surface area contributed by atoms with E-state index in [1.54, 1.807) is 18.0 Å². The number of anilines is 1. The maximum atomic E-state index is 13.1. The molecule has 1 N–H and O–H groups in total. The Hall–Kier alpha value is -4.25. The van der Waals surface area contributed by atoms with Gasteiger partial charge < -0.3 is 9.64 Å². The van der Waals surface area contributed by atoms with E-state index in [2.05, 4.69) is 45.8 Å². The zero-order chi connectivity index (χ0) is 30.0. The first-order valence-corrected chi connectivity index (χ1v) is 15.5. The van der Waals surface area contributed by atoms with Crippen LogP contribution in [0.1, 0.15) is 48.4 Å². The van der Waals surface area contributed by atoms with E-state index in [1.165, 1.54) is 22.6 Å². The third kappa shape index (κ3) is 6.62. The lowest BCUT2D eigenvalue weighted by Gasteiger charge is -2.18. The van der Waals surface area contributed by atoms with Gasteiger partial charge >= 0.3 is 0 Å². The van der Waals surface area contributed by atoms with Gasteiger partial charge in [0.05, 0.1) is 24.9 Å². The van der Waals surface area contributed by atoms with Crippen molar-refractivity contribution >= 4 is 21.9 Å². The summed E-state index contributed by atoms with van der Waals surface area (Å²) < 4.78 is 36.2. The number of aryl methyl sites for hydroxylation is 3. The Balaban J connectivity index is 1.35. The molecular weight excluding hydrogens is 552 g/mol. The maximum Gasteiger partial charge on any atom is 0.267 e. The van der Waals surface area contributed by atoms with Crippen molar-refractivity contribution < 1.29 is 17.9 Å². The lowest BCUT2D eigenvalue weighted by molar-refractivity contribution is -0.129. The van der Waals surface area contributed by atoms with Gasteiger partial charge in [-0.05, 0) is 42.0 Å². The molecule has 0 spiro atoms. The molecule has 1 amide bonds. The van der Waals surface area contributed by atoms with Crippen LogP contribution in [0.2, 0.25) is 0 Å². The summed E-state index contributed by atoms with van der Waals surface area (Å²) in [7, 11) is -2.34. The smallest absolute Gasteiger partial charge is 0.267 e. The summed E-state index contributed by atoms with van der Waals surface area (Å²) in [6.45, 7) is 9.23. The van der Waals surface area contributed by atoms with Crippen LogP contribution in [0.5, 0.6) is 5.88 Å². The summed E-state index contributed by atoms with van der Waals surface area (Å²) in [5.41, 5.74) is 5.61. The fourth-order valence-electron chi connectivity index (χ4n) is 5.12. The first kappa shape index (κ1) is 29.2. The first-order valence-electron chi connectivity index (χ1n) is 14.0. The molecule has 1 saturated heterocycles. The highest BCUT2D eigenvalue weighted by atomic mass is 32.2. The van der Waals surface area contributed by atoms with E-state index in [-0.39, 0.29) is 28.7 Å². The molecule has 10 nitrogen and oxygen atoms in total.